The van der Waals surface area contributed by atoms with Crippen LogP contribution in [-0.4, -0.2) is 31.0 Å². The summed E-state index contributed by atoms with van der Waals surface area (Å²) in [6.45, 7) is 5.29. The highest BCUT2D eigenvalue weighted by atomic mass is 16.5. The van der Waals surface area contributed by atoms with Gasteiger partial charge in [-0.2, -0.15) is 0 Å². The van der Waals surface area contributed by atoms with Crippen molar-refractivity contribution < 1.29 is 14.6 Å². The van der Waals surface area contributed by atoms with Gasteiger partial charge in [-0.25, -0.2) is 0 Å². The Morgan fingerprint density at radius 1 is 0.806 bits per heavy atom. The van der Waals surface area contributed by atoms with E-state index in [9.17, 15) is 5.11 Å². The summed E-state index contributed by atoms with van der Waals surface area (Å²) in [7, 11) is 0. The summed E-state index contributed by atoms with van der Waals surface area (Å²) in [6, 6.07) is 26.6. The molecule has 4 heteroatoms. The molecule has 3 aromatic carbocycles. The molecule has 4 nitrogen and oxygen atoms in total. The van der Waals surface area contributed by atoms with Crippen molar-refractivity contribution >= 4 is 0 Å². The largest absolute Gasteiger partial charge is 0.490 e. The second kappa shape index (κ2) is 12.1. The molecule has 0 aliphatic heterocycles. The summed E-state index contributed by atoms with van der Waals surface area (Å²) in [5, 5.41) is 14.1. The van der Waals surface area contributed by atoms with Gasteiger partial charge in [0.05, 0.1) is 12.6 Å². The summed E-state index contributed by atoms with van der Waals surface area (Å²) in [5.41, 5.74) is 3.53. The van der Waals surface area contributed by atoms with Crippen molar-refractivity contribution in [3.63, 3.8) is 0 Å². The number of hydrogen-bond donors (Lipinski definition) is 2. The number of aliphatic hydroxyl groups excluding tert-OH is 1. The zero-order chi connectivity index (χ0) is 21.9. The first-order valence-corrected chi connectivity index (χ1v) is 11.1. The van der Waals surface area contributed by atoms with Gasteiger partial charge in [0.2, 0.25) is 0 Å². The number of rotatable bonds is 12. The highest BCUT2D eigenvalue weighted by molar-refractivity contribution is 5.43. The van der Waals surface area contributed by atoms with E-state index in [1.165, 1.54) is 5.56 Å². The standard InChI is InChI=1S/C27H33NO3/c1-3-11-21-16-17-25(30-4-2)26(18-21)31-20-24(29)19-28-27(22-12-7-5-8-13-22)23-14-9-6-10-15-23/h5-10,12-18,24,27-29H,3-4,11,19-20H2,1-2H3. The lowest BCUT2D eigenvalue weighted by Gasteiger charge is -2.22. The van der Waals surface area contributed by atoms with E-state index in [0.29, 0.717) is 24.7 Å². The fourth-order valence-electron chi connectivity index (χ4n) is 3.60. The van der Waals surface area contributed by atoms with Crippen LogP contribution in [-0.2, 0) is 6.42 Å². The Morgan fingerprint density at radius 3 is 2.03 bits per heavy atom. The molecule has 0 bridgehead atoms. The van der Waals surface area contributed by atoms with E-state index < -0.39 is 6.10 Å². The van der Waals surface area contributed by atoms with Gasteiger partial charge in [-0.1, -0.05) is 80.1 Å². The van der Waals surface area contributed by atoms with Crippen LogP contribution < -0.4 is 14.8 Å². The zero-order valence-electron chi connectivity index (χ0n) is 18.5. The maximum Gasteiger partial charge on any atom is 0.161 e. The van der Waals surface area contributed by atoms with Gasteiger partial charge in [-0.05, 0) is 42.2 Å². The molecule has 0 heterocycles. The third-order valence-corrected chi connectivity index (χ3v) is 5.10. The van der Waals surface area contributed by atoms with Crippen LogP contribution in [0, 0.1) is 0 Å². The summed E-state index contributed by atoms with van der Waals surface area (Å²) < 4.78 is 11.7. The summed E-state index contributed by atoms with van der Waals surface area (Å²) in [5.74, 6) is 1.41. The van der Waals surface area contributed by atoms with E-state index in [2.05, 4.69) is 42.6 Å². The first-order chi connectivity index (χ1) is 15.2. The average Bonchev–Trinajstić information content (AvgIpc) is 2.81. The molecule has 0 saturated heterocycles. The molecule has 1 unspecified atom stereocenters. The Labute approximate surface area is 185 Å². The van der Waals surface area contributed by atoms with Gasteiger partial charge in [0.15, 0.2) is 11.5 Å². The topological polar surface area (TPSA) is 50.7 Å². The van der Waals surface area contributed by atoms with E-state index in [1.54, 1.807) is 0 Å². The lowest BCUT2D eigenvalue weighted by molar-refractivity contribution is 0.102. The second-order valence-corrected chi connectivity index (χ2v) is 7.59. The van der Waals surface area contributed by atoms with Crippen molar-refractivity contribution in [2.24, 2.45) is 0 Å². The maximum absolute atomic E-state index is 10.6. The third kappa shape index (κ3) is 6.84. The third-order valence-electron chi connectivity index (χ3n) is 5.10. The first-order valence-electron chi connectivity index (χ1n) is 11.1. The van der Waals surface area contributed by atoms with Gasteiger partial charge in [0.25, 0.3) is 0 Å². The monoisotopic (exact) mass is 419 g/mol. The average molecular weight is 420 g/mol. The van der Waals surface area contributed by atoms with Crippen molar-refractivity contribution in [1.82, 2.24) is 5.32 Å². The van der Waals surface area contributed by atoms with Gasteiger partial charge < -0.3 is 19.9 Å². The molecular weight excluding hydrogens is 386 g/mol. The van der Waals surface area contributed by atoms with Crippen molar-refractivity contribution in [2.75, 3.05) is 19.8 Å². The Balaban J connectivity index is 1.63. The number of aliphatic hydroxyl groups is 1. The number of benzene rings is 3. The van der Waals surface area contributed by atoms with Crippen molar-refractivity contribution in [1.29, 1.82) is 0 Å². The molecule has 0 saturated carbocycles. The number of nitrogens with one attached hydrogen (secondary N) is 1. The maximum atomic E-state index is 10.6. The summed E-state index contributed by atoms with van der Waals surface area (Å²) >= 11 is 0. The Kier molecular flexibility index (Phi) is 8.95. The van der Waals surface area contributed by atoms with Gasteiger partial charge in [0, 0.05) is 6.54 Å². The zero-order valence-corrected chi connectivity index (χ0v) is 18.5. The lowest BCUT2D eigenvalue weighted by atomic mass is 9.98. The van der Waals surface area contributed by atoms with Gasteiger partial charge >= 0.3 is 0 Å². The Morgan fingerprint density at radius 2 is 1.45 bits per heavy atom. The van der Waals surface area contributed by atoms with Crippen LogP contribution in [0.5, 0.6) is 11.5 Å². The lowest BCUT2D eigenvalue weighted by Crippen LogP contribution is -2.34. The summed E-state index contributed by atoms with van der Waals surface area (Å²) in [6.07, 6.45) is 1.41. The molecule has 0 aliphatic carbocycles. The van der Waals surface area contributed by atoms with Crippen LogP contribution >= 0.6 is 0 Å². The minimum absolute atomic E-state index is 0.00363. The van der Waals surface area contributed by atoms with E-state index in [4.69, 9.17) is 9.47 Å². The molecule has 2 N–H and O–H groups in total. The van der Waals surface area contributed by atoms with Crippen LogP contribution in [0.25, 0.3) is 0 Å². The summed E-state index contributed by atoms with van der Waals surface area (Å²) in [4.78, 5) is 0. The van der Waals surface area contributed by atoms with Crippen LogP contribution in [0.15, 0.2) is 78.9 Å². The minimum atomic E-state index is -0.653. The Bertz CT molecular complexity index is 859. The molecule has 0 fully saturated rings. The van der Waals surface area contributed by atoms with Gasteiger partial charge in [-0.15, -0.1) is 0 Å². The molecule has 0 spiro atoms. The second-order valence-electron chi connectivity index (χ2n) is 7.59. The van der Waals surface area contributed by atoms with E-state index >= 15 is 0 Å². The number of hydrogen-bond acceptors (Lipinski definition) is 4. The van der Waals surface area contributed by atoms with Crippen molar-refractivity contribution in [2.45, 2.75) is 38.8 Å². The fraction of sp³-hybridized carbons (Fsp3) is 0.333. The Hall–Kier alpha value is -2.82. The van der Waals surface area contributed by atoms with Crippen molar-refractivity contribution in [3.05, 3.63) is 95.6 Å². The molecule has 164 valence electrons. The molecular formula is C27H33NO3. The molecule has 0 amide bonds. The van der Waals surface area contributed by atoms with Gasteiger partial charge in [-0.3, -0.25) is 0 Å². The minimum Gasteiger partial charge on any atom is -0.490 e. The van der Waals surface area contributed by atoms with Crippen LogP contribution in [0.4, 0.5) is 0 Å². The number of aryl methyl sites for hydroxylation is 1. The van der Waals surface area contributed by atoms with Crippen molar-refractivity contribution in [3.8, 4) is 11.5 Å². The smallest absolute Gasteiger partial charge is 0.161 e. The molecule has 0 radical (unpaired) electrons. The fourth-order valence-corrected chi connectivity index (χ4v) is 3.60. The molecule has 31 heavy (non-hydrogen) atoms. The van der Waals surface area contributed by atoms with Crippen LogP contribution in [0.1, 0.15) is 43.0 Å². The normalized spacial score (nSPS) is 12.0. The molecule has 0 aromatic heterocycles. The molecule has 0 aliphatic rings. The SMILES string of the molecule is CCCc1ccc(OCC)c(OCC(O)CNC(c2ccccc2)c2ccccc2)c1. The predicted molar refractivity (Wildman–Crippen MR) is 126 cm³/mol. The molecule has 3 aromatic rings. The predicted octanol–water partition coefficient (Wildman–Crippen LogP) is 5.16. The quantitative estimate of drug-likeness (QED) is 0.426. The number of ether oxygens (including phenoxy) is 2. The molecule has 1 atom stereocenters. The van der Waals surface area contributed by atoms with E-state index in [1.807, 2.05) is 55.5 Å². The van der Waals surface area contributed by atoms with E-state index in [0.717, 1.165) is 24.0 Å². The highest BCUT2D eigenvalue weighted by Gasteiger charge is 2.16. The van der Waals surface area contributed by atoms with Crippen LogP contribution in [0.2, 0.25) is 0 Å². The highest BCUT2D eigenvalue weighted by Crippen LogP contribution is 2.29. The van der Waals surface area contributed by atoms with Crippen LogP contribution in [0.3, 0.4) is 0 Å². The molecule has 3 rings (SSSR count). The van der Waals surface area contributed by atoms with E-state index in [-0.39, 0.29) is 12.6 Å². The van der Waals surface area contributed by atoms with Gasteiger partial charge in [0.1, 0.15) is 12.7 Å². The first kappa shape index (κ1) is 22.9.